The highest BCUT2D eigenvalue weighted by Crippen LogP contribution is 2.26. The topological polar surface area (TPSA) is 92.8 Å². The van der Waals surface area contributed by atoms with Gasteiger partial charge in [-0.3, -0.25) is 9.59 Å². The van der Waals surface area contributed by atoms with Crippen molar-refractivity contribution in [2.24, 2.45) is 5.92 Å². The Kier molecular flexibility index (Phi) is 6.29. The summed E-state index contributed by atoms with van der Waals surface area (Å²) in [6.07, 6.45) is 1.03. The highest BCUT2D eigenvalue weighted by atomic mass is 32.2. The summed E-state index contributed by atoms with van der Waals surface area (Å²) in [6, 6.07) is 10.9. The molecule has 0 aliphatic carbocycles. The summed E-state index contributed by atoms with van der Waals surface area (Å²) in [5.41, 5.74) is 0.575. The van der Waals surface area contributed by atoms with Gasteiger partial charge in [0.1, 0.15) is 11.6 Å². The minimum Gasteiger partial charge on any atom is -0.426 e. The summed E-state index contributed by atoms with van der Waals surface area (Å²) in [5, 5.41) is 2.61. The van der Waals surface area contributed by atoms with Crippen molar-refractivity contribution in [2.45, 2.75) is 24.7 Å². The molecule has 3 rings (SSSR count). The van der Waals surface area contributed by atoms with Crippen molar-refractivity contribution >= 4 is 27.6 Å². The first-order valence-corrected chi connectivity index (χ1v) is 10.5. The van der Waals surface area contributed by atoms with E-state index in [1.54, 1.807) is 24.3 Å². The number of amides is 1. The predicted octanol–water partition coefficient (Wildman–Crippen LogP) is 2.79. The molecule has 2 aromatic carbocycles. The van der Waals surface area contributed by atoms with Gasteiger partial charge in [-0.05, 0) is 61.4 Å². The maximum absolute atomic E-state index is 13.1. The number of rotatable bonds is 5. The number of nitrogens with one attached hydrogen (secondary N) is 1. The summed E-state index contributed by atoms with van der Waals surface area (Å²) < 4.78 is 45.2. The molecule has 0 bridgehead atoms. The van der Waals surface area contributed by atoms with Crippen LogP contribution < -0.4 is 10.1 Å². The number of carbonyl (C=O) groups is 2. The van der Waals surface area contributed by atoms with Crippen LogP contribution in [0.1, 0.15) is 19.8 Å². The second-order valence-electron chi connectivity index (χ2n) is 6.78. The first kappa shape index (κ1) is 20.9. The smallest absolute Gasteiger partial charge is 0.315 e. The van der Waals surface area contributed by atoms with E-state index in [-0.39, 0.29) is 23.9 Å². The van der Waals surface area contributed by atoms with Gasteiger partial charge in [0.25, 0.3) is 0 Å². The quantitative estimate of drug-likeness (QED) is 0.593. The Morgan fingerprint density at radius 3 is 2.38 bits per heavy atom. The number of ether oxygens (including phenoxy) is 1. The van der Waals surface area contributed by atoms with Crippen molar-refractivity contribution < 1.29 is 27.1 Å². The van der Waals surface area contributed by atoms with Gasteiger partial charge in [-0.25, -0.2) is 12.8 Å². The van der Waals surface area contributed by atoms with Gasteiger partial charge in [0.05, 0.1) is 10.8 Å². The molecule has 1 aliphatic rings. The summed E-state index contributed by atoms with van der Waals surface area (Å²) in [5.74, 6) is -1.54. The largest absolute Gasteiger partial charge is 0.426 e. The molecule has 154 valence electrons. The molecule has 29 heavy (non-hydrogen) atoms. The maximum atomic E-state index is 13.1. The zero-order valence-corrected chi connectivity index (χ0v) is 16.6. The zero-order valence-electron chi connectivity index (χ0n) is 15.8. The molecule has 1 amide bonds. The number of nitrogens with zero attached hydrogens (tertiary/aromatic N) is 1. The predicted molar refractivity (Wildman–Crippen MR) is 104 cm³/mol. The molecule has 1 aliphatic heterocycles. The molecular formula is C20H21FN2O5S. The Morgan fingerprint density at radius 1 is 1.10 bits per heavy atom. The van der Waals surface area contributed by atoms with Crippen LogP contribution in [0.3, 0.4) is 0 Å². The average Bonchev–Trinajstić information content (AvgIpc) is 2.69. The Morgan fingerprint density at radius 2 is 1.76 bits per heavy atom. The van der Waals surface area contributed by atoms with E-state index < -0.39 is 27.7 Å². The van der Waals surface area contributed by atoms with Gasteiger partial charge in [0.15, 0.2) is 0 Å². The highest BCUT2D eigenvalue weighted by Gasteiger charge is 2.34. The lowest BCUT2D eigenvalue weighted by atomic mass is 10.00. The highest BCUT2D eigenvalue weighted by molar-refractivity contribution is 7.89. The molecule has 1 saturated heterocycles. The molecule has 0 unspecified atom stereocenters. The Balaban J connectivity index is 1.66. The van der Waals surface area contributed by atoms with Crippen LogP contribution in [0.2, 0.25) is 0 Å². The van der Waals surface area contributed by atoms with Crippen LogP contribution in [0, 0.1) is 11.7 Å². The molecule has 0 radical (unpaired) electrons. The van der Waals surface area contributed by atoms with Gasteiger partial charge in [-0.15, -0.1) is 0 Å². The third kappa shape index (κ3) is 5.18. The molecule has 0 saturated carbocycles. The van der Waals surface area contributed by atoms with E-state index in [4.69, 9.17) is 4.74 Å². The van der Waals surface area contributed by atoms with Crippen molar-refractivity contribution in [1.82, 2.24) is 4.31 Å². The molecule has 1 atom stereocenters. The molecule has 1 fully saturated rings. The van der Waals surface area contributed by atoms with Crippen LogP contribution in [-0.4, -0.2) is 37.7 Å². The lowest BCUT2D eigenvalue weighted by Gasteiger charge is -2.30. The number of piperidine rings is 1. The number of sulfonamides is 1. The van der Waals surface area contributed by atoms with Gasteiger partial charge in [-0.2, -0.15) is 4.31 Å². The lowest BCUT2D eigenvalue weighted by molar-refractivity contribution is -0.140. The Hall–Kier alpha value is -2.78. The normalized spacial score (nSPS) is 17.5. The second-order valence-corrected chi connectivity index (χ2v) is 8.72. The minimum atomic E-state index is -3.82. The van der Waals surface area contributed by atoms with Crippen molar-refractivity contribution in [1.29, 1.82) is 0 Å². The monoisotopic (exact) mass is 420 g/mol. The van der Waals surface area contributed by atoms with E-state index in [9.17, 15) is 22.4 Å². The average molecular weight is 420 g/mol. The first-order chi connectivity index (χ1) is 13.8. The number of carbonyl (C=O) groups excluding carboxylic acids is 2. The fraction of sp³-hybridized carbons (Fsp3) is 0.300. The molecule has 2 aromatic rings. The molecule has 0 spiro atoms. The third-order valence-corrected chi connectivity index (χ3v) is 6.44. The van der Waals surface area contributed by atoms with Gasteiger partial charge in [-0.1, -0.05) is 0 Å². The standard InChI is InChI=1S/C20H21FN2O5S/c1-14(24)22-17-6-8-18(9-7-17)28-20(25)15-3-2-12-23(13-15)29(26,27)19-10-4-16(21)5-11-19/h4-11,15H,2-3,12-13H2,1H3,(H,22,24)/t15-/m1/s1. The minimum absolute atomic E-state index is 0.00250. The van der Waals surface area contributed by atoms with Gasteiger partial charge >= 0.3 is 5.97 Å². The molecule has 1 heterocycles. The van der Waals surface area contributed by atoms with Crippen molar-refractivity contribution in [3.05, 3.63) is 54.3 Å². The summed E-state index contributed by atoms with van der Waals surface area (Å²) in [7, 11) is -3.82. The van der Waals surface area contributed by atoms with Crippen LogP contribution in [0.15, 0.2) is 53.4 Å². The van der Waals surface area contributed by atoms with Gasteiger partial charge < -0.3 is 10.1 Å². The summed E-state index contributed by atoms with van der Waals surface area (Å²) >= 11 is 0. The van der Waals surface area contributed by atoms with Crippen molar-refractivity contribution in [2.75, 3.05) is 18.4 Å². The van der Waals surface area contributed by atoms with Crippen LogP contribution in [0.4, 0.5) is 10.1 Å². The second kappa shape index (κ2) is 8.71. The summed E-state index contributed by atoms with van der Waals surface area (Å²) in [6.45, 7) is 1.68. The Bertz CT molecular complexity index is 991. The fourth-order valence-corrected chi connectivity index (χ4v) is 4.64. The summed E-state index contributed by atoms with van der Waals surface area (Å²) in [4.78, 5) is 23.6. The van der Waals surface area contributed by atoms with E-state index >= 15 is 0 Å². The number of anilines is 1. The molecular weight excluding hydrogens is 399 g/mol. The number of hydrogen-bond donors (Lipinski definition) is 1. The number of halogens is 1. The van der Waals surface area contributed by atoms with E-state index in [0.29, 0.717) is 24.3 Å². The molecule has 1 N–H and O–H groups in total. The lowest BCUT2D eigenvalue weighted by Crippen LogP contribution is -2.43. The SMILES string of the molecule is CC(=O)Nc1ccc(OC(=O)[C@@H]2CCCN(S(=O)(=O)c3ccc(F)cc3)C2)cc1. The van der Waals surface area contributed by atoms with Gasteiger partial charge in [0, 0.05) is 25.7 Å². The van der Waals surface area contributed by atoms with Gasteiger partial charge in [0.2, 0.25) is 15.9 Å². The number of benzene rings is 2. The first-order valence-electron chi connectivity index (χ1n) is 9.11. The van der Waals surface area contributed by atoms with Crippen LogP contribution in [0.5, 0.6) is 5.75 Å². The fourth-order valence-electron chi connectivity index (χ4n) is 3.12. The Labute approximate surface area is 168 Å². The van der Waals surface area contributed by atoms with E-state index in [1.165, 1.54) is 23.4 Å². The number of esters is 1. The van der Waals surface area contributed by atoms with E-state index in [0.717, 1.165) is 12.1 Å². The third-order valence-electron chi connectivity index (χ3n) is 4.56. The van der Waals surface area contributed by atoms with Crippen molar-refractivity contribution in [3.63, 3.8) is 0 Å². The van der Waals surface area contributed by atoms with E-state index in [1.807, 2.05) is 0 Å². The van der Waals surface area contributed by atoms with Crippen LogP contribution in [-0.2, 0) is 19.6 Å². The van der Waals surface area contributed by atoms with Crippen LogP contribution >= 0.6 is 0 Å². The maximum Gasteiger partial charge on any atom is 0.315 e. The zero-order chi connectivity index (χ0) is 21.0. The molecule has 7 nitrogen and oxygen atoms in total. The van der Waals surface area contributed by atoms with Crippen LogP contribution in [0.25, 0.3) is 0 Å². The number of hydrogen-bond acceptors (Lipinski definition) is 5. The molecule has 0 aromatic heterocycles. The van der Waals surface area contributed by atoms with E-state index in [2.05, 4.69) is 5.32 Å². The molecule has 9 heteroatoms. The van der Waals surface area contributed by atoms with Crippen molar-refractivity contribution in [3.8, 4) is 5.75 Å².